The van der Waals surface area contributed by atoms with E-state index in [4.69, 9.17) is 0 Å². The van der Waals surface area contributed by atoms with Gasteiger partial charge in [-0.05, 0) is 42.7 Å². The second-order valence-corrected chi connectivity index (χ2v) is 11.6. The van der Waals surface area contributed by atoms with E-state index in [0.717, 1.165) is 48.2 Å². The van der Waals surface area contributed by atoms with Crippen molar-refractivity contribution in [1.29, 1.82) is 0 Å². The highest BCUT2D eigenvalue weighted by Gasteiger charge is 2.31. The third-order valence-electron chi connectivity index (χ3n) is 6.56. The summed E-state index contributed by atoms with van der Waals surface area (Å²) >= 11 is 1.49. The normalized spacial score (nSPS) is 15.9. The average molecular weight is 482 g/mol. The Kier molecular flexibility index (Phi) is 6.07. The lowest BCUT2D eigenvalue weighted by Gasteiger charge is -2.32. The van der Waals surface area contributed by atoms with Gasteiger partial charge in [0.25, 0.3) is 5.91 Å². The summed E-state index contributed by atoms with van der Waals surface area (Å²) in [5.74, 6) is -0.292. The minimum atomic E-state index is -3.59. The first-order valence-electron chi connectivity index (χ1n) is 11.5. The highest BCUT2D eigenvalue weighted by atomic mass is 32.2. The van der Waals surface area contributed by atoms with Gasteiger partial charge in [0.1, 0.15) is 0 Å². The SMILES string of the molecule is CCN(C1CCCCC1)S(=O)(=O)c1ccc(C(=O)Nc2nc3c(s2)Cc2ccccc2-3)cc1. The van der Waals surface area contributed by atoms with Crippen LogP contribution in [0.25, 0.3) is 11.3 Å². The molecule has 2 aliphatic carbocycles. The lowest BCUT2D eigenvalue weighted by Crippen LogP contribution is -2.41. The second-order valence-electron chi connectivity index (χ2n) is 8.60. The molecule has 1 aromatic heterocycles. The fourth-order valence-electron chi connectivity index (χ4n) is 4.89. The van der Waals surface area contributed by atoms with Gasteiger partial charge in [-0.25, -0.2) is 13.4 Å². The number of sulfonamides is 1. The maximum absolute atomic E-state index is 13.2. The molecule has 0 bridgehead atoms. The quantitative estimate of drug-likeness (QED) is 0.405. The number of nitrogens with one attached hydrogen (secondary N) is 1. The molecule has 0 aliphatic heterocycles. The lowest BCUT2D eigenvalue weighted by atomic mass is 9.95. The van der Waals surface area contributed by atoms with Gasteiger partial charge in [-0.2, -0.15) is 4.31 Å². The van der Waals surface area contributed by atoms with Gasteiger partial charge in [-0.15, -0.1) is 11.3 Å². The molecule has 0 atom stereocenters. The number of thiazole rings is 1. The van der Waals surface area contributed by atoms with Crippen molar-refractivity contribution in [2.24, 2.45) is 0 Å². The van der Waals surface area contributed by atoms with E-state index in [-0.39, 0.29) is 16.8 Å². The van der Waals surface area contributed by atoms with E-state index in [0.29, 0.717) is 17.2 Å². The van der Waals surface area contributed by atoms with E-state index >= 15 is 0 Å². The predicted octanol–water partition coefficient (Wildman–Crippen LogP) is 5.31. The molecule has 1 fully saturated rings. The molecule has 1 N–H and O–H groups in total. The predicted molar refractivity (Wildman–Crippen MR) is 131 cm³/mol. The minimum absolute atomic E-state index is 0.0636. The van der Waals surface area contributed by atoms with Crippen molar-refractivity contribution in [2.45, 2.75) is 56.4 Å². The molecule has 33 heavy (non-hydrogen) atoms. The molecule has 172 valence electrons. The Labute approximate surface area is 198 Å². The number of hydrogen-bond donors (Lipinski definition) is 1. The maximum Gasteiger partial charge on any atom is 0.257 e. The molecule has 2 aromatic carbocycles. The van der Waals surface area contributed by atoms with Crippen molar-refractivity contribution >= 4 is 32.4 Å². The van der Waals surface area contributed by atoms with Gasteiger partial charge in [-0.3, -0.25) is 10.1 Å². The van der Waals surface area contributed by atoms with Crippen molar-refractivity contribution in [1.82, 2.24) is 9.29 Å². The molecule has 1 amide bonds. The Hall–Kier alpha value is -2.55. The fourth-order valence-corrected chi connectivity index (χ4v) is 7.58. The molecular formula is C25H27N3O3S2. The number of aromatic nitrogens is 1. The van der Waals surface area contributed by atoms with E-state index < -0.39 is 10.0 Å². The zero-order valence-corrected chi connectivity index (χ0v) is 20.2. The zero-order valence-electron chi connectivity index (χ0n) is 18.6. The Balaban J connectivity index is 1.30. The van der Waals surface area contributed by atoms with Crippen LogP contribution in [0.5, 0.6) is 0 Å². The van der Waals surface area contributed by atoms with Crippen molar-refractivity contribution < 1.29 is 13.2 Å². The van der Waals surface area contributed by atoms with Crippen molar-refractivity contribution in [3.05, 3.63) is 64.5 Å². The number of carbonyl (C=O) groups excluding carboxylic acids is 1. The first kappa shape index (κ1) is 22.3. The van der Waals surface area contributed by atoms with Crippen LogP contribution in [-0.4, -0.2) is 36.2 Å². The summed E-state index contributed by atoms with van der Waals surface area (Å²) < 4.78 is 28.1. The Morgan fingerprint density at radius 3 is 2.55 bits per heavy atom. The van der Waals surface area contributed by atoms with E-state index in [1.165, 1.54) is 35.5 Å². The third kappa shape index (κ3) is 4.23. The maximum atomic E-state index is 13.2. The van der Waals surface area contributed by atoms with Crippen LogP contribution in [0.3, 0.4) is 0 Å². The molecule has 3 aromatic rings. The molecule has 8 heteroatoms. The summed E-state index contributed by atoms with van der Waals surface area (Å²) in [7, 11) is -3.59. The van der Waals surface area contributed by atoms with Crippen LogP contribution in [0, 0.1) is 0 Å². The summed E-state index contributed by atoms with van der Waals surface area (Å²) in [6, 6.07) is 14.5. The number of anilines is 1. The standard InChI is InChI=1S/C25H27N3O3S2/c1-2-28(19-9-4-3-5-10-19)33(30,31)20-14-12-17(13-15-20)24(29)27-25-26-23-21-11-7-6-8-18(21)16-22(23)32-25/h6-8,11-15,19H,2-5,9-10,16H2,1H3,(H,26,27,29). The number of fused-ring (bicyclic) bond motifs is 3. The van der Waals surface area contributed by atoms with Gasteiger partial charge in [0, 0.05) is 35.0 Å². The number of rotatable bonds is 6. The molecule has 1 heterocycles. The van der Waals surface area contributed by atoms with Gasteiger partial charge in [0.2, 0.25) is 10.0 Å². The molecule has 0 saturated heterocycles. The molecule has 6 nitrogen and oxygen atoms in total. The Morgan fingerprint density at radius 1 is 1.09 bits per heavy atom. The van der Waals surface area contributed by atoms with Crippen molar-refractivity contribution in [3.8, 4) is 11.3 Å². The molecule has 1 saturated carbocycles. The van der Waals surface area contributed by atoms with Crippen LogP contribution in [0.15, 0.2) is 53.4 Å². The molecule has 5 rings (SSSR count). The molecule has 0 radical (unpaired) electrons. The molecule has 2 aliphatic rings. The van der Waals surface area contributed by atoms with Crippen LogP contribution in [-0.2, 0) is 16.4 Å². The monoisotopic (exact) mass is 481 g/mol. The number of hydrogen-bond acceptors (Lipinski definition) is 5. The summed E-state index contributed by atoms with van der Waals surface area (Å²) in [4.78, 5) is 18.8. The fraction of sp³-hybridized carbons (Fsp3) is 0.360. The number of benzene rings is 2. The lowest BCUT2D eigenvalue weighted by molar-refractivity contribution is 0.102. The first-order valence-corrected chi connectivity index (χ1v) is 13.7. The van der Waals surface area contributed by atoms with Crippen molar-refractivity contribution in [2.75, 3.05) is 11.9 Å². The summed E-state index contributed by atoms with van der Waals surface area (Å²) in [6.07, 6.45) is 5.97. The topological polar surface area (TPSA) is 79.4 Å². The summed E-state index contributed by atoms with van der Waals surface area (Å²) in [5, 5.41) is 3.43. The van der Waals surface area contributed by atoms with Gasteiger partial charge in [0.15, 0.2) is 5.13 Å². The highest BCUT2D eigenvalue weighted by Crippen LogP contribution is 2.40. The smallest absolute Gasteiger partial charge is 0.257 e. The van der Waals surface area contributed by atoms with Crippen LogP contribution in [0.4, 0.5) is 5.13 Å². The Bertz CT molecular complexity index is 1280. The van der Waals surface area contributed by atoms with E-state index in [1.54, 1.807) is 16.4 Å². The minimum Gasteiger partial charge on any atom is -0.298 e. The second kappa shape index (κ2) is 9.00. The summed E-state index contributed by atoms with van der Waals surface area (Å²) in [6.45, 7) is 2.34. The van der Waals surface area contributed by atoms with Gasteiger partial charge in [0.05, 0.1) is 10.6 Å². The number of amides is 1. The van der Waals surface area contributed by atoms with Gasteiger partial charge >= 0.3 is 0 Å². The summed E-state index contributed by atoms with van der Waals surface area (Å²) in [5.41, 5.74) is 3.73. The number of carbonyl (C=O) groups is 1. The van der Waals surface area contributed by atoms with Crippen LogP contribution >= 0.6 is 11.3 Å². The molecule has 0 unspecified atom stereocenters. The van der Waals surface area contributed by atoms with E-state index in [1.807, 2.05) is 19.1 Å². The zero-order chi connectivity index (χ0) is 23.0. The van der Waals surface area contributed by atoms with E-state index in [9.17, 15) is 13.2 Å². The molecule has 0 spiro atoms. The molecular weight excluding hydrogens is 454 g/mol. The van der Waals surface area contributed by atoms with Crippen LogP contribution < -0.4 is 5.32 Å². The van der Waals surface area contributed by atoms with Crippen LogP contribution in [0.2, 0.25) is 0 Å². The van der Waals surface area contributed by atoms with Crippen molar-refractivity contribution in [3.63, 3.8) is 0 Å². The van der Waals surface area contributed by atoms with Crippen LogP contribution in [0.1, 0.15) is 59.8 Å². The third-order valence-corrected chi connectivity index (χ3v) is 9.57. The highest BCUT2D eigenvalue weighted by molar-refractivity contribution is 7.89. The van der Waals surface area contributed by atoms with Gasteiger partial charge in [-0.1, -0.05) is 50.5 Å². The largest absolute Gasteiger partial charge is 0.298 e. The average Bonchev–Trinajstić information content (AvgIpc) is 3.37. The van der Waals surface area contributed by atoms with Gasteiger partial charge < -0.3 is 0 Å². The Morgan fingerprint density at radius 2 is 1.82 bits per heavy atom. The van der Waals surface area contributed by atoms with E-state index in [2.05, 4.69) is 22.4 Å². The first-order chi connectivity index (χ1) is 16.0. The number of nitrogens with zero attached hydrogens (tertiary/aromatic N) is 2.